The molecule has 0 saturated carbocycles. The number of hydrogen-bond acceptors (Lipinski definition) is 2. The highest BCUT2D eigenvalue weighted by Crippen LogP contribution is 2.54. The van der Waals surface area contributed by atoms with Gasteiger partial charge in [0.1, 0.15) is 0 Å². The standard InChI is InChI=1S/C10H18NOPS/c1-8-5-13(14,6-9(8)2)7-10(12)11(3)4/h5-7H2,1-4H3. The topological polar surface area (TPSA) is 20.3 Å². The Kier molecular flexibility index (Phi) is 3.54. The summed E-state index contributed by atoms with van der Waals surface area (Å²) in [6, 6.07) is -1.42. The molecule has 14 heavy (non-hydrogen) atoms. The first-order valence-electron chi connectivity index (χ1n) is 4.76. The van der Waals surface area contributed by atoms with E-state index in [1.165, 1.54) is 11.1 Å². The second-order valence-corrected chi connectivity index (χ2v) is 9.77. The van der Waals surface area contributed by atoms with Crippen molar-refractivity contribution >= 4 is 23.8 Å². The van der Waals surface area contributed by atoms with Crippen LogP contribution in [0.25, 0.3) is 0 Å². The Hall–Kier alpha value is -0.140. The lowest BCUT2D eigenvalue weighted by Crippen LogP contribution is -2.25. The van der Waals surface area contributed by atoms with Crippen molar-refractivity contribution in [2.24, 2.45) is 0 Å². The molecule has 0 aliphatic carbocycles. The second kappa shape index (κ2) is 4.16. The van der Waals surface area contributed by atoms with Crippen molar-refractivity contribution in [3.05, 3.63) is 11.1 Å². The summed E-state index contributed by atoms with van der Waals surface area (Å²) in [7, 11) is 3.60. The van der Waals surface area contributed by atoms with Crippen LogP contribution in [0.1, 0.15) is 13.8 Å². The fourth-order valence-electron chi connectivity index (χ4n) is 1.69. The number of amides is 1. The van der Waals surface area contributed by atoms with E-state index in [-0.39, 0.29) is 5.91 Å². The number of hydrogen-bond donors (Lipinski definition) is 0. The quantitative estimate of drug-likeness (QED) is 0.534. The Labute approximate surface area is 91.4 Å². The Morgan fingerprint density at radius 2 is 1.79 bits per heavy atom. The molecule has 0 aromatic rings. The van der Waals surface area contributed by atoms with Gasteiger partial charge in [-0.3, -0.25) is 4.79 Å². The molecule has 1 heterocycles. The molecule has 0 radical (unpaired) electrons. The number of rotatable bonds is 2. The zero-order valence-electron chi connectivity index (χ0n) is 9.33. The average molecular weight is 231 g/mol. The van der Waals surface area contributed by atoms with E-state index in [1.807, 2.05) is 0 Å². The minimum Gasteiger partial charge on any atom is -0.348 e. The van der Waals surface area contributed by atoms with Crippen molar-refractivity contribution in [3.8, 4) is 0 Å². The second-order valence-electron chi connectivity index (χ2n) is 4.38. The fraction of sp³-hybridized carbons (Fsp3) is 0.700. The normalized spacial score (nSPS) is 20.0. The molecule has 0 spiro atoms. The smallest absolute Gasteiger partial charge is 0.227 e. The molecule has 0 bridgehead atoms. The van der Waals surface area contributed by atoms with E-state index in [4.69, 9.17) is 11.8 Å². The summed E-state index contributed by atoms with van der Waals surface area (Å²) < 4.78 is 0. The first kappa shape index (κ1) is 11.9. The Morgan fingerprint density at radius 3 is 2.14 bits per heavy atom. The first-order chi connectivity index (χ1) is 6.34. The van der Waals surface area contributed by atoms with Crippen LogP contribution in [0.2, 0.25) is 0 Å². The highest BCUT2D eigenvalue weighted by Gasteiger charge is 2.28. The largest absolute Gasteiger partial charge is 0.348 e. The van der Waals surface area contributed by atoms with Gasteiger partial charge in [0.2, 0.25) is 5.91 Å². The van der Waals surface area contributed by atoms with Crippen molar-refractivity contribution in [1.82, 2.24) is 4.90 Å². The van der Waals surface area contributed by atoms with Gasteiger partial charge >= 0.3 is 0 Å². The predicted molar refractivity (Wildman–Crippen MR) is 66.0 cm³/mol. The van der Waals surface area contributed by atoms with E-state index in [2.05, 4.69) is 13.8 Å². The van der Waals surface area contributed by atoms with E-state index >= 15 is 0 Å². The molecule has 2 nitrogen and oxygen atoms in total. The summed E-state index contributed by atoms with van der Waals surface area (Å²) in [4.78, 5) is 13.2. The van der Waals surface area contributed by atoms with Crippen molar-refractivity contribution in [3.63, 3.8) is 0 Å². The van der Waals surface area contributed by atoms with Gasteiger partial charge in [-0.1, -0.05) is 23.0 Å². The van der Waals surface area contributed by atoms with Crippen molar-refractivity contribution in [2.45, 2.75) is 13.8 Å². The van der Waals surface area contributed by atoms with Gasteiger partial charge in [0.25, 0.3) is 0 Å². The third kappa shape index (κ3) is 2.68. The zero-order chi connectivity index (χ0) is 10.9. The molecule has 0 N–H and O–H groups in total. The molecule has 0 aromatic carbocycles. The van der Waals surface area contributed by atoms with E-state index in [9.17, 15) is 4.79 Å². The van der Waals surface area contributed by atoms with Crippen LogP contribution in [0.4, 0.5) is 0 Å². The Bertz CT molecular complexity index is 315. The van der Waals surface area contributed by atoms with Crippen LogP contribution in [0.3, 0.4) is 0 Å². The molecule has 1 rings (SSSR count). The van der Waals surface area contributed by atoms with Crippen LogP contribution in [0.5, 0.6) is 0 Å². The fourth-order valence-corrected chi connectivity index (χ4v) is 6.56. The maximum absolute atomic E-state index is 11.6. The van der Waals surface area contributed by atoms with Crippen LogP contribution in [0.15, 0.2) is 11.1 Å². The van der Waals surface area contributed by atoms with E-state index in [1.54, 1.807) is 19.0 Å². The van der Waals surface area contributed by atoms with Crippen LogP contribution in [-0.2, 0) is 16.6 Å². The molecule has 1 aliphatic heterocycles. The minimum absolute atomic E-state index is 0.191. The molecule has 0 fully saturated rings. The van der Waals surface area contributed by atoms with Crippen LogP contribution in [-0.4, -0.2) is 43.4 Å². The molecular formula is C10H18NOPS. The van der Waals surface area contributed by atoms with Gasteiger partial charge < -0.3 is 4.90 Å². The van der Waals surface area contributed by atoms with Gasteiger partial charge in [0.15, 0.2) is 0 Å². The van der Waals surface area contributed by atoms with Gasteiger partial charge in [-0.2, -0.15) is 0 Å². The number of nitrogens with zero attached hydrogens (tertiary/aromatic N) is 1. The summed E-state index contributed by atoms with van der Waals surface area (Å²) in [5, 5.41) is 0. The van der Waals surface area contributed by atoms with Crippen molar-refractivity contribution in [2.75, 3.05) is 32.6 Å². The van der Waals surface area contributed by atoms with Crippen molar-refractivity contribution in [1.29, 1.82) is 0 Å². The molecule has 1 aliphatic rings. The summed E-state index contributed by atoms with van der Waals surface area (Å²) in [6.07, 6.45) is 2.62. The molecule has 1 amide bonds. The zero-order valence-corrected chi connectivity index (χ0v) is 11.0. The number of carbonyl (C=O) groups is 1. The summed E-state index contributed by atoms with van der Waals surface area (Å²) >= 11 is 5.64. The molecule has 0 saturated heterocycles. The van der Waals surface area contributed by atoms with Crippen molar-refractivity contribution < 1.29 is 4.79 Å². The lowest BCUT2D eigenvalue weighted by molar-refractivity contribution is -0.125. The maximum Gasteiger partial charge on any atom is 0.227 e. The summed E-state index contributed by atoms with van der Waals surface area (Å²) in [5.41, 5.74) is 2.83. The number of allylic oxidation sites excluding steroid dienone is 2. The highest BCUT2D eigenvalue weighted by atomic mass is 32.4. The number of carbonyl (C=O) groups excluding carboxylic acids is 1. The van der Waals surface area contributed by atoms with Crippen LogP contribution >= 0.6 is 6.04 Å². The molecular weight excluding hydrogens is 213 g/mol. The molecule has 0 atom stereocenters. The monoisotopic (exact) mass is 231 g/mol. The Morgan fingerprint density at radius 1 is 1.36 bits per heavy atom. The summed E-state index contributed by atoms with van der Waals surface area (Å²) in [5.74, 6) is 0.191. The SMILES string of the molecule is CC1=C(C)CP(=S)(CC(=O)N(C)C)C1. The molecule has 80 valence electrons. The van der Waals surface area contributed by atoms with Crippen LogP contribution in [0, 0.1) is 0 Å². The molecule has 0 unspecified atom stereocenters. The molecule has 0 aromatic heterocycles. The third-order valence-corrected chi connectivity index (χ3v) is 6.81. The first-order valence-corrected chi connectivity index (χ1v) is 8.12. The lowest BCUT2D eigenvalue weighted by Gasteiger charge is -2.18. The van der Waals surface area contributed by atoms with Gasteiger partial charge in [0, 0.05) is 14.1 Å². The lowest BCUT2D eigenvalue weighted by atomic mass is 10.2. The maximum atomic E-state index is 11.6. The van der Waals surface area contributed by atoms with E-state index < -0.39 is 6.04 Å². The van der Waals surface area contributed by atoms with Crippen LogP contribution < -0.4 is 0 Å². The highest BCUT2D eigenvalue weighted by molar-refractivity contribution is 8.15. The van der Waals surface area contributed by atoms with Gasteiger partial charge in [-0.25, -0.2) is 0 Å². The van der Waals surface area contributed by atoms with Gasteiger partial charge in [0.05, 0.1) is 6.16 Å². The van der Waals surface area contributed by atoms with Gasteiger partial charge in [-0.05, 0) is 32.2 Å². The average Bonchev–Trinajstić information content (AvgIpc) is 2.25. The Balaban J connectivity index is 2.65. The molecule has 4 heteroatoms. The summed E-state index contributed by atoms with van der Waals surface area (Å²) in [6.45, 7) is 4.28. The van der Waals surface area contributed by atoms with E-state index in [0.717, 1.165) is 12.3 Å². The minimum atomic E-state index is -1.42. The van der Waals surface area contributed by atoms with E-state index in [0.29, 0.717) is 6.16 Å². The third-order valence-electron chi connectivity index (χ3n) is 2.70. The predicted octanol–water partition coefficient (Wildman–Crippen LogP) is 1.90. The van der Waals surface area contributed by atoms with Gasteiger partial charge in [-0.15, -0.1) is 0 Å².